The van der Waals surface area contributed by atoms with Crippen LogP contribution in [-0.2, 0) is 10.2 Å². The number of benzene rings is 1. The third-order valence-electron chi connectivity index (χ3n) is 4.08. The molecule has 1 aromatic carbocycles. The highest BCUT2D eigenvalue weighted by molar-refractivity contribution is 5.83. The third-order valence-corrected chi connectivity index (χ3v) is 4.08. The van der Waals surface area contributed by atoms with Gasteiger partial charge >= 0.3 is 5.97 Å². The van der Waals surface area contributed by atoms with Crippen LogP contribution < -0.4 is 0 Å². The maximum absolute atomic E-state index is 11.7. The van der Waals surface area contributed by atoms with Crippen LogP contribution in [0.25, 0.3) is 0 Å². The molecule has 2 aromatic rings. The molecule has 0 amide bonds. The van der Waals surface area contributed by atoms with Gasteiger partial charge in [-0.2, -0.15) is 0 Å². The zero-order valence-corrected chi connectivity index (χ0v) is 10.5. The van der Waals surface area contributed by atoms with Crippen molar-refractivity contribution in [3.63, 3.8) is 0 Å². The minimum atomic E-state index is -0.755. The molecule has 1 aromatic heterocycles. The monoisotopic (exact) mass is 253 g/mol. The van der Waals surface area contributed by atoms with Gasteiger partial charge in [0.15, 0.2) is 0 Å². The molecule has 1 fully saturated rings. The first-order chi connectivity index (χ1) is 9.22. The molecule has 0 spiro atoms. The fraction of sp³-hybridized carbons (Fsp3) is 0.250. The standard InChI is InChI=1S/C16H15NO2/c18-15(19)16(14-7-4-8-17-11-14)9-13(10-16)12-5-2-1-3-6-12/h1-8,11,13H,9-10H2,(H,18,19). The van der Waals surface area contributed by atoms with E-state index in [4.69, 9.17) is 0 Å². The summed E-state index contributed by atoms with van der Waals surface area (Å²) in [7, 11) is 0. The molecule has 3 heteroatoms. The summed E-state index contributed by atoms with van der Waals surface area (Å²) < 4.78 is 0. The molecule has 1 aliphatic rings. The van der Waals surface area contributed by atoms with Gasteiger partial charge in [-0.15, -0.1) is 0 Å². The van der Waals surface area contributed by atoms with Crippen LogP contribution in [0, 0.1) is 0 Å². The van der Waals surface area contributed by atoms with E-state index in [2.05, 4.69) is 17.1 Å². The van der Waals surface area contributed by atoms with Crippen molar-refractivity contribution in [2.24, 2.45) is 0 Å². The zero-order chi connectivity index (χ0) is 13.3. The van der Waals surface area contributed by atoms with Crippen molar-refractivity contribution in [2.75, 3.05) is 0 Å². The fourth-order valence-electron chi connectivity index (χ4n) is 2.92. The number of carboxylic acids is 1. The molecule has 1 heterocycles. The molecule has 0 bridgehead atoms. The molecule has 19 heavy (non-hydrogen) atoms. The summed E-state index contributed by atoms with van der Waals surface area (Å²) in [6.45, 7) is 0. The van der Waals surface area contributed by atoms with Crippen molar-refractivity contribution in [2.45, 2.75) is 24.2 Å². The SMILES string of the molecule is O=C(O)C1(c2cccnc2)CC(c2ccccc2)C1. The lowest BCUT2D eigenvalue weighted by Gasteiger charge is -2.44. The lowest BCUT2D eigenvalue weighted by molar-refractivity contribution is -0.148. The molecule has 3 nitrogen and oxygen atoms in total. The Kier molecular flexibility index (Phi) is 2.82. The Bertz CT molecular complexity index is 574. The van der Waals surface area contributed by atoms with Gasteiger partial charge in [0.05, 0.1) is 5.41 Å². The predicted molar refractivity (Wildman–Crippen MR) is 72.0 cm³/mol. The number of carboxylic acid groups (broad SMARTS) is 1. The van der Waals surface area contributed by atoms with Crippen molar-refractivity contribution >= 4 is 5.97 Å². The first-order valence-corrected chi connectivity index (χ1v) is 6.41. The molecule has 0 atom stereocenters. The van der Waals surface area contributed by atoms with Gasteiger partial charge in [-0.1, -0.05) is 36.4 Å². The van der Waals surface area contributed by atoms with Crippen LogP contribution in [0.5, 0.6) is 0 Å². The van der Waals surface area contributed by atoms with Crippen molar-refractivity contribution in [3.05, 3.63) is 66.0 Å². The van der Waals surface area contributed by atoms with Crippen LogP contribution in [0.3, 0.4) is 0 Å². The molecular weight excluding hydrogens is 238 g/mol. The molecular formula is C16H15NO2. The number of hydrogen-bond donors (Lipinski definition) is 1. The second-order valence-corrected chi connectivity index (χ2v) is 5.14. The summed E-state index contributed by atoms with van der Waals surface area (Å²) in [5.41, 5.74) is 1.28. The Labute approximate surface area is 111 Å². The fourth-order valence-corrected chi connectivity index (χ4v) is 2.92. The summed E-state index contributed by atoms with van der Waals surface area (Å²) in [6.07, 6.45) is 4.65. The average molecular weight is 253 g/mol. The molecule has 0 saturated heterocycles. The summed E-state index contributed by atoms with van der Waals surface area (Å²) >= 11 is 0. The molecule has 0 radical (unpaired) electrons. The first-order valence-electron chi connectivity index (χ1n) is 6.41. The molecule has 3 rings (SSSR count). The molecule has 1 N–H and O–H groups in total. The average Bonchev–Trinajstić information content (AvgIpc) is 2.40. The summed E-state index contributed by atoms with van der Waals surface area (Å²) in [5, 5.41) is 9.57. The number of nitrogens with zero attached hydrogens (tertiary/aromatic N) is 1. The highest BCUT2D eigenvalue weighted by Crippen LogP contribution is 2.52. The lowest BCUT2D eigenvalue weighted by atomic mass is 9.57. The van der Waals surface area contributed by atoms with Gasteiger partial charge in [-0.05, 0) is 36.0 Å². The Morgan fingerprint density at radius 2 is 1.89 bits per heavy atom. The Balaban J connectivity index is 1.87. The van der Waals surface area contributed by atoms with E-state index in [1.807, 2.05) is 24.3 Å². The van der Waals surface area contributed by atoms with Crippen LogP contribution >= 0.6 is 0 Å². The molecule has 0 unspecified atom stereocenters. The largest absolute Gasteiger partial charge is 0.481 e. The van der Waals surface area contributed by atoms with Gasteiger partial charge in [0.1, 0.15) is 0 Å². The zero-order valence-electron chi connectivity index (χ0n) is 10.5. The van der Waals surface area contributed by atoms with Crippen molar-refractivity contribution < 1.29 is 9.90 Å². The Morgan fingerprint density at radius 1 is 1.16 bits per heavy atom. The maximum Gasteiger partial charge on any atom is 0.314 e. The number of rotatable bonds is 3. The van der Waals surface area contributed by atoms with Crippen molar-refractivity contribution in [1.82, 2.24) is 4.98 Å². The number of carbonyl (C=O) groups is 1. The Morgan fingerprint density at radius 3 is 2.47 bits per heavy atom. The third kappa shape index (κ3) is 1.91. The highest BCUT2D eigenvalue weighted by atomic mass is 16.4. The summed E-state index contributed by atoms with van der Waals surface area (Å²) in [5.74, 6) is -0.412. The van der Waals surface area contributed by atoms with Crippen LogP contribution in [0.15, 0.2) is 54.9 Å². The van der Waals surface area contributed by atoms with E-state index in [1.165, 1.54) is 5.56 Å². The number of aromatic nitrogens is 1. The normalized spacial score (nSPS) is 25.6. The first kappa shape index (κ1) is 11.9. The van der Waals surface area contributed by atoms with Gasteiger partial charge in [-0.25, -0.2) is 0 Å². The predicted octanol–water partition coefficient (Wildman–Crippen LogP) is 2.98. The van der Waals surface area contributed by atoms with Crippen molar-refractivity contribution in [1.29, 1.82) is 0 Å². The van der Waals surface area contributed by atoms with Crippen LogP contribution in [0.4, 0.5) is 0 Å². The minimum absolute atomic E-state index is 0.331. The molecule has 1 saturated carbocycles. The molecule has 96 valence electrons. The van der Waals surface area contributed by atoms with E-state index < -0.39 is 11.4 Å². The van der Waals surface area contributed by atoms with Gasteiger partial charge in [0.25, 0.3) is 0 Å². The van der Waals surface area contributed by atoms with Gasteiger partial charge < -0.3 is 5.11 Å². The van der Waals surface area contributed by atoms with E-state index in [9.17, 15) is 9.90 Å². The topological polar surface area (TPSA) is 50.2 Å². The quantitative estimate of drug-likeness (QED) is 0.914. The van der Waals surface area contributed by atoms with E-state index in [1.54, 1.807) is 18.5 Å². The Hall–Kier alpha value is -2.16. The smallest absolute Gasteiger partial charge is 0.314 e. The van der Waals surface area contributed by atoms with Gasteiger partial charge in [0.2, 0.25) is 0 Å². The van der Waals surface area contributed by atoms with Crippen LogP contribution in [0.1, 0.15) is 29.9 Å². The van der Waals surface area contributed by atoms with E-state index in [-0.39, 0.29) is 0 Å². The van der Waals surface area contributed by atoms with E-state index in [0.717, 1.165) is 5.56 Å². The van der Waals surface area contributed by atoms with Crippen molar-refractivity contribution in [3.8, 4) is 0 Å². The highest BCUT2D eigenvalue weighted by Gasteiger charge is 2.52. The molecule has 0 aliphatic heterocycles. The number of hydrogen-bond acceptors (Lipinski definition) is 2. The van der Waals surface area contributed by atoms with E-state index in [0.29, 0.717) is 18.8 Å². The maximum atomic E-state index is 11.7. The molecule has 1 aliphatic carbocycles. The summed E-state index contributed by atoms with van der Waals surface area (Å²) in [4.78, 5) is 15.7. The van der Waals surface area contributed by atoms with Crippen LogP contribution in [0.2, 0.25) is 0 Å². The van der Waals surface area contributed by atoms with E-state index >= 15 is 0 Å². The lowest BCUT2D eigenvalue weighted by Crippen LogP contribution is -2.46. The summed E-state index contributed by atoms with van der Waals surface area (Å²) in [6, 6.07) is 13.8. The second kappa shape index (κ2) is 4.50. The minimum Gasteiger partial charge on any atom is -0.481 e. The van der Waals surface area contributed by atoms with Gasteiger partial charge in [0, 0.05) is 12.4 Å². The number of aliphatic carboxylic acids is 1. The van der Waals surface area contributed by atoms with Gasteiger partial charge in [-0.3, -0.25) is 9.78 Å². The van der Waals surface area contributed by atoms with Crippen LogP contribution in [-0.4, -0.2) is 16.1 Å². The number of pyridine rings is 1. The second-order valence-electron chi connectivity index (χ2n) is 5.14.